The third kappa shape index (κ3) is 4.41. The summed E-state index contributed by atoms with van der Waals surface area (Å²) < 4.78 is 0. The van der Waals surface area contributed by atoms with E-state index in [0.29, 0.717) is 37.8 Å². The summed E-state index contributed by atoms with van der Waals surface area (Å²) in [6.07, 6.45) is 0.954. The van der Waals surface area contributed by atoms with Gasteiger partial charge in [0.15, 0.2) is 0 Å². The highest BCUT2D eigenvalue weighted by molar-refractivity contribution is 8.00. The predicted molar refractivity (Wildman–Crippen MR) is 112 cm³/mol. The summed E-state index contributed by atoms with van der Waals surface area (Å²) in [5.74, 6) is 1.37. The van der Waals surface area contributed by atoms with E-state index < -0.39 is 0 Å². The molecule has 2 aromatic rings. The van der Waals surface area contributed by atoms with Crippen LogP contribution in [0, 0.1) is 12.8 Å². The van der Waals surface area contributed by atoms with E-state index in [0.717, 1.165) is 11.3 Å². The smallest absolute Gasteiger partial charge is 0.233 e. The van der Waals surface area contributed by atoms with Crippen LogP contribution in [0.3, 0.4) is 0 Å². The van der Waals surface area contributed by atoms with Gasteiger partial charge in [-0.2, -0.15) is 0 Å². The summed E-state index contributed by atoms with van der Waals surface area (Å²) in [6, 6.07) is 18.6. The van der Waals surface area contributed by atoms with Gasteiger partial charge in [0.1, 0.15) is 0 Å². The molecule has 0 unspecified atom stereocenters. The lowest BCUT2D eigenvalue weighted by molar-refractivity contribution is -0.139. The first-order valence-electron chi connectivity index (χ1n) is 9.93. The monoisotopic (exact) mass is 394 g/mol. The molecule has 4 nitrogen and oxygen atoms in total. The zero-order valence-corrected chi connectivity index (χ0v) is 17.0. The van der Waals surface area contributed by atoms with Crippen molar-refractivity contribution in [3.8, 4) is 0 Å². The van der Waals surface area contributed by atoms with Gasteiger partial charge in [-0.3, -0.25) is 9.59 Å². The van der Waals surface area contributed by atoms with Crippen LogP contribution in [0.15, 0.2) is 59.5 Å². The van der Waals surface area contributed by atoms with Gasteiger partial charge in [0.05, 0.1) is 5.75 Å². The molecule has 2 fully saturated rings. The molecule has 0 bridgehead atoms. The third-order valence-electron chi connectivity index (χ3n) is 5.66. The summed E-state index contributed by atoms with van der Waals surface area (Å²) in [6.45, 7) is 4.64. The molecule has 2 atom stereocenters. The number of piperazine rings is 1. The van der Waals surface area contributed by atoms with Crippen LogP contribution < -0.4 is 0 Å². The summed E-state index contributed by atoms with van der Waals surface area (Å²) >= 11 is 1.58. The Morgan fingerprint density at radius 2 is 1.57 bits per heavy atom. The molecule has 146 valence electrons. The second kappa shape index (κ2) is 8.39. The van der Waals surface area contributed by atoms with E-state index in [4.69, 9.17) is 0 Å². The minimum absolute atomic E-state index is 0.127. The van der Waals surface area contributed by atoms with Crippen molar-refractivity contribution in [2.24, 2.45) is 5.92 Å². The first kappa shape index (κ1) is 19.1. The molecule has 5 heteroatoms. The summed E-state index contributed by atoms with van der Waals surface area (Å²) in [7, 11) is 0. The SMILES string of the molecule is Cc1ccc(SCC(=O)N2CCN(C(=O)[C@@H]3C[C@H]3c3ccccc3)CC2)cc1. The van der Waals surface area contributed by atoms with E-state index in [1.54, 1.807) is 11.8 Å². The average molecular weight is 395 g/mol. The fraction of sp³-hybridized carbons (Fsp3) is 0.391. The largest absolute Gasteiger partial charge is 0.339 e. The summed E-state index contributed by atoms with van der Waals surface area (Å²) in [4.78, 5) is 30.2. The fourth-order valence-electron chi connectivity index (χ4n) is 3.82. The molecule has 4 rings (SSSR count). The third-order valence-corrected chi connectivity index (χ3v) is 6.66. The second-order valence-electron chi connectivity index (χ2n) is 7.67. The maximum absolute atomic E-state index is 12.8. The molecule has 28 heavy (non-hydrogen) atoms. The second-order valence-corrected chi connectivity index (χ2v) is 8.72. The molecule has 0 aromatic heterocycles. The Balaban J connectivity index is 1.22. The van der Waals surface area contributed by atoms with E-state index in [9.17, 15) is 9.59 Å². The fourth-order valence-corrected chi connectivity index (χ4v) is 4.62. The Morgan fingerprint density at radius 3 is 2.25 bits per heavy atom. The van der Waals surface area contributed by atoms with Gasteiger partial charge in [0.2, 0.25) is 11.8 Å². The van der Waals surface area contributed by atoms with Crippen LogP contribution in [-0.4, -0.2) is 53.5 Å². The molecule has 1 aliphatic carbocycles. The quantitative estimate of drug-likeness (QED) is 0.728. The van der Waals surface area contributed by atoms with Crippen molar-refractivity contribution in [3.63, 3.8) is 0 Å². The minimum Gasteiger partial charge on any atom is -0.339 e. The summed E-state index contributed by atoms with van der Waals surface area (Å²) in [5, 5.41) is 0. The number of carbonyl (C=O) groups excluding carboxylic acids is 2. The molecule has 0 N–H and O–H groups in total. The van der Waals surface area contributed by atoms with E-state index >= 15 is 0 Å². The number of nitrogens with zero attached hydrogens (tertiary/aromatic N) is 2. The highest BCUT2D eigenvalue weighted by Crippen LogP contribution is 2.48. The standard InChI is InChI=1S/C23H26N2O2S/c1-17-7-9-19(10-8-17)28-16-22(26)24-11-13-25(14-12-24)23(27)21-15-20(21)18-5-3-2-4-6-18/h2-10,20-21H,11-16H2,1H3/t20-,21+/m0/s1. The summed E-state index contributed by atoms with van der Waals surface area (Å²) in [5.41, 5.74) is 2.49. The Morgan fingerprint density at radius 1 is 0.929 bits per heavy atom. The zero-order chi connectivity index (χ0) is 19.5. The number of benzene rings is 2. The van der Waals surface area contributed by atoms with Crippen molar-refractivity contribution in [1.82, 2.24) is 9.80 Å². The molecular weight excluding hydrogens is 368 g/mol. The van der Waals surface area contributed by atoms with Crippen molar-refractivity contribution >= 4 is 23.6 Å². The number of hydrogen-bond donors (Lipinski definition) is 0. The van der Waals surface area contributed by atoms with Crippen molar-refractivity contribution < 1.29 is 9.59 Å². The number of rotatable bonds is 5. The molecule has 1 heterocycles. The van der Waals surface area contributed by atoms with E-state index in [-0.39, 0.29) is 17.7 Å². The Hall–Kier alpha value is -2.27. The van der Waals surface area contributed by atoms with Crippen molar-refractivity contribution in [2.75, 3.05) is 31.9 Å². The lowest BCUT2D eigenvalue weighted by Gasteiger charge is -2.35. The van der Waals surface area contributed by atoms with E-state index in [2.05, 4.69) is 43.3 Å². The first-order chi connectivity index (χ1) is 13.6. The van der Waals surface area contributed by atoms with Gasteiger partial charge in [0.25, 0.3) is 0 Å². The van der Waals surface area contributed by atoms with Crippen LogP contribution in [0.5, 0.6) is 0 Å². The van der Waals surface area contributed by atoms with Crippen LogP contribution in [0.25, 0.3) is 0 Å². The van der Waals surface area contributed by atoms with Gasteiger partial charge in [-0.15, -0.1) is 11.8 Å². The number of carbonyl (C=O) groups is 2. The number of thioether (sulfide) groups is 1. The first-order valence-corrected chi connectivity index (χ1v) is 10.9. The highest BCUT2D eigenvalue weighted by atomic mass is 32.2. The van der Waals surface area contributed by atoms with Gasteiger partial charge < -0.3 is 9.80 Å². The molecule has 1 aliphatic heterocycles. The van der Waals surface area contributed by atoms with Crippen LogP contribution in [-0.2, 0) is 9.59 Å². The maximum atomic E-state index is 12.8. The molecule has 2 aromatic carbocycles. The van der Waals surface area contributed by atoms with Gasteiger partial charge >= 0.3 is 0 Å². The molecule has 1 saturated heterocycles. The van der Waals surface area contributed by atoms with Crippen LogP contribution in [0.2, 0.25) is 0 Å². The lowest BCUT2D eigenvalue weighted by atomic mass is 10.1. The molecule has 1 saturated carbocycles. The Kier molecular flexibility index (Phi) is 5.72. The number of amides is 2. The normalized spacial score (nSPS) is 21.5. The Bertz CT molecular complexity index is 829. The van der Waals surface area contributed by atoms with Crippen LogP contribution in [0.4, 0.5) is 0 Å². The van der Waals surface area contributed by atoms with E-state index in [1.165, 1.54) is 11.1 Å². The predicted octanol–water partition coefficient (Wildman–Crippen LogP) is 3.56. The molecule has 2 aliphatic rings. The number of aryl methyl sites for hydroxylation is 1. The Labute approximate surface area is 170 Å². The van der Waals surface area contributed by atoms with Crippen molar-refractivity contribution in [3.05, 3.63) is 65.7 Å². The zero-order valence-electron chi connectivity index (χ0n) is 16.2. The van der Waals surface area contributed by atoms with Crippen LogP contribution >= 0.6 is 11.8 Å². The van der Waals surface area contributed by atoms with E-state index in [1.807, 2.05) is 28.0 Å². The molecule has 2 amide bonds. The van der Waals surface area contributed by atoms with Gasteiger partial charge in [-0.05, 0) is 37.0 Å². The molecule has 0 spiro atoms. The lowest BCUT2D eigenvalue weighted by Crippen LogP contribution is -2.51. The highest BCUT2D eigenvalue weighted by Gasteiger charge is 2.46. The van der Waals surface area contributed by atoms with Gasteiger partial charge in [-0.1, -0.05) is 48.0 Å². The van der Waals surface area contributed by atoms with Crippen LogP contribution in [0.1, 0.15) is 23.5 Å². The number of hydrogen-bond acceptors (Lipinski definition) is 3. The van der Waals surface area contributed by atoms with Crippen molar-refractivity contribution in [1.29, 1.82) is 0 Å². The average Bonchev–Trinajstić information content (AvgIpc) is 3.54. The van der Waals surface area contributed by atoms with Crippen molar-refractivity contribution in [2.45, 2.75) is 24.2 Å². The van der Waals surface area contributed by atoms with Gasteiger partial charge in [-0.25, -0.2) is 0 Å². The maximum Gasteiger partial charge on any atom is 0.233 e. The minimum atomic E-state index is 0.127. The molecular formula is C23H26N2O2S. The van der Waals surface area contributed by atoms with Gasteiger partial charge in [0, 0.05) is 37.0 Å². The topological polar surface area (TPSA) is 40.6 Å². The molecule has 0 radical (unpaired) electrons.